The van der Waals surface area contributed by atoms with Gasteiger partial charge in [-0.2, -0.15) is 5.26 Å². The molecule has 0 aliphatic carbocycles. The second kappa shape index (κ2) is 8.31. The second-order valence-electron chi connectivity index (χ2n) is 8.87. The number of fused-ring (bicyclic) bond motifs is 1. The Labute approximate surface area is 182 Å². The molecule has 0 radical (unpaired) electrons. The zero-order chi connectivity index (χ0) is 22.0. The zero-order valence-electron chi connectivity index (χ0n) is 18.1. The summed E-state index contributed by atoms with van der Waals surface area (Å²) < 4.78 is 7.60. The molecular weight excluding hydrogens is 390 g/mol. The summed E-state index contributed by atoms with van der Waals surface area (Å²) in [5.74, 6) is 0.888. The van der Waals surface area contributed by atoms with E-state index >= 15 is 0 Å². The van der Waals surface area contributed by atoms with E-state index in [4.69, 9.17) is 15.0 Å². The summed E-state index contributed by atoms with van der Waals surface area (Å²) in [5.41, 5.74) is 3.23. The van der Waals surface area contributed by atoms with Crippen molar-refractivity contribution in [1.82, 2.24) is 14.9 Å². The highest BCUT2D eigenvalue weighted by Gasteiger charge is 2.29. The van der Waals surface area contributed by atoms with Crippen LogP contribution in [0.2, 0.25) is 0 Å². The first-order valence-electron chi connectivity index (χ1n) is 10.5. The number of imidazole rings is 1. The molecule has 7 heteroatoms. The minimum Gasteiger partial charge on any atom is -0.444 e. The van der Waals surface area contributed by atoms with Gasteiger partial charge in [-0.3, -0.25) is 0 Å². The van der Waals surface area contributed by atoms with E-state index < -0.39 is 5.60 Å². The van der Waals surface area contributed by atoms with Crippen LogP contribution in [0.5, 0.6) is 0 Å². The molecule has 1 saturated heterocycles. The van der Waals surface area contributed by atoms with Gasteiger partial charge in [-0.05, 0) is 57.0 Å². The molecule has 2 heterocycles. The van der Waals surface area contributed by atoms with Crippen molar-refractivity contribution in [2.45, 2.75) is 45.4 Å². The molecule has 3 aromatic rings. The summed E-state index contributed by atoms with van der Waals surface area (Å²) >= 11 is 0. The van der Waals surface area contributed by atoms with Crippen molar-refractivity contribution >= 4 is 23.1 Å². The summed E-state index contributed by atoms with van der Waals surface area (Å²) in [6.45, 7) is 7.71. The number of hydrogen-bond acceptors (Lipinski definition) is 5. The maximum atomic E-state index is 12.2. The highest BCUT2D eigenvalue weighted by molar-refractivity contribution is 5.79. The zero-order valence-corrected chi connectivity index (χ0v) is 18.1. The van der Waals surface area contributed by atoms with Gasteiger partial charge < -0.3 is 19.5 Å². The van der Waals surface area contributed by atoms with E-state index in [1.807, 2.05) is 63.2 Å². The summed E-state index contributed by atoms with van der Waals surface area (Å²) in [4.78, 5) is 19.3. The van der Waals surface area contributed by atoms with Gasteiger partial charge in [-0.25, -0.2) is 9.78 Å². The lowest BCUT2D eigenvalue weighted by Crippen LogP contribution is -2.40. The first-order chi connectivity index (χ1) is 14.8. The number of aromatic nitrogens is 2. The molecular formula is C24H27N5O2. The van der Waals surface area contributed by atoms with Gasteiger partial charge in [0.1, 0.15) is 5.60 Å². The van der Waals surface area contributed by atoms with Gasteiger partial charge in [-0.1, -0.05) is 24.3 Å². The Morgan fingerprint density at radius 1 is 1.23 bits per heavy atom. The molecule has 0 spiro atoms. The van der Waals surface area contributed by atoms with Crippen molar-refractivity contribution in [2.75, 3.05) is 18.0 Å². The highest BCUT2D eigenvalue weighted by Crippen LogP contribution is 2.27. The molecule has 1 amide bonds. The number of rotatable bonds is 4. The molecule has 1 fully saturated rings. The minimum atomic E-state index is -0.516. The third-order valence-corrected chi connectivity index (χ3v) is 5.25. The van der Waals surface area contributed by atoms with Crippen LogP contribution in [0.4, 0.5) is 10.7 Å². The Balaban J connectivity index is 1.55. The molecule has 0 unspecified atom stereocenters. The number of anilines is 1. The van der Waals surface area contributed by atoms with Gasteiger partial charge in [-0.15, -0.1) is 0 Å². The van der Waals surface area contributed by atoms with Crippen LogP contribution < -0.4 is 10.2 Å². The van der Waals surface area contributed by atoms with Crippen LogP contribution in [0.25, 0.3) is 11.0 Å². The van der Waals surface area contributed by atoms with Crippen molar-refractivity contribution in [3.8, 4) is 6.07 Å². The molecule has 4 rings (SSSR count). The first kappa shape index (κ1) is 20.7. The van der Waals surface area contributed by atoms with Gasteiger partial charge in [0, 0.05) is 13.1 Å². The van der Waals surface area contributed by atoms with Crippen molar-refractivity contribution < 1.29 is 9.53 Å². The lowest BCUT2D eigenvalue weighted by Gasteiger charge is -2.22. The van der Waals surface area contributed by atoms with E-state index in [9.17, 15) is 4.79 Å². The second-order valence-corrected chi connectivity index (χ2v) is 8.87. The predicted octanol–water partition coefficient (Wildman–Crippen LogP) is 4.06. The van der Waals surface area contributed by atoms with Crippen LogP contribution in [0.1, 0.15) is 38.3 Å². The third-order valence-electron chi connectivity index (χ3n) is 5.25. The van der Waals surface area contributed by atoms with Gasteiger partial charge in [0.25, 0.3) is 0 Å². The molecule has 1 aliphatic rings. The number of hydrogen-bond donors (Lipinski definition) is 1. The van der Waals surface area contributed by atoms with Gasteiger partial charge in [0.2, 0.25) is 5.95 Å². The number of nitrogens with one attached hydrogen (secondary N) is 1. The van der Waals surface area contributed by atoms with Crippen molar-refractivity contribution in [1.29, 1.82) is 5.26 Å². The maximum absolute atomic E-state index is 12.2. The fraction of sp³-hybridized carbons (Fsp3) is 0.375. The topological polar surface area (TPSA) is 83.2 Å². The SMILES string of the molecule is CC(C)(C)OC(=O)N[C@H]1CCN(c2nc3ccccc3n2Cc2ccc(C#N)cc2)C1. The Morgan fingerprint density at radius 3 is 2.68 bits per heavy atom. The Hall–Kier alpha value is -3.53. The number of carbonyl (C=O) groups excluding carboxylic acids is 1. The minimum absolute atomic E-state index is 0.0121. The summed E-state index contributed by atoms with van der Waals surface area (Å²) in [7, 11) is 0. The third kappa shape index (κ3) is 4.80. The summed E-state index contributed by atoms with van der Waals surface area (Å²) in [6.07, 6.45) is 0.449. The largest absolute Gasteiger partial charge is 0.444 e. The fourth-order valence-electron chi connectivity index (χ4n) is 3.86. The molecule has 0 saturated carbocycles. The van der Waals surface area contributed by atoms with Gasteiger partial charge >= 0.3 is 6.09 Å². The molecule has 1 atom stereocenters. The molecule has 1 aromatic heterocycles. The smallest absolute Gasteiger partial charge is 0.407 e. The Kier molecular flexibility index (Phi) is 5.55. The highest BCUT2D eigenvalue weighted by atomic mass is 16.6. The number of para-hydroxylation sites is 2. The summed E-state index contributed by atoms with van der Waals surface area (Å²) in [6, 6.07) is 17.9. The molecule has 0 bridgehead atoms. The number of ether oxygens (including phenoxy) is 1. The van der Waals surface area contributed by atoms with E-state index in [1.165, 1.54) is 0 Å². The number of nitriles is 1. The lowest BCUT2D eigenvalue weighted by atomic mass is 10.1. The van der Waals surface area contributed by atoms with Crippen LogP contribution in [-0.2, 0) is 11.3 Å². The number of alkyl carbamates (subject to hydrolysis) is 1. The van der Waals surface area contributed by atoms with E-state index in [2.05, 4.69) is 26.9 Å². The predicted molar refractivity (Wildman–Crippen MR) is 120 cm³/mol. The van der Waals surface area contributed by atoms with Crippen LogP contribution >= 0.6 is 0 Å². The monoisotopic (exact) mass is 417 g/mol. The lowest BCUT2D eigenvalue weighted by molar-refractivity contribution is 0.0509. The standard InChI is InChI=1S/C24H27N5O2/c1-24(2,3)31-23(30)26-19-12-13-28(16-19)22-27-20-6-4-5-7-21(20)29(22)15-18-10-8-17(14-25)9-11-18/h4-11,19H,12-13,15-16H2,1-3H3,(H,26,30)/t19-/m0/s1. The van der Waals surface area contributed by atoms with E-state index in [-0.39, 0.29) is 12.1 Å². The molecule has 7 nitrogen and oxygen atoms in total. The van der Waals surface area contributed by atoms with Crippen molar-refractivity contribution in [2.24, 2.45) is 0 Å². The number of amides is 1. The Morgan fingerprint density at radius 2 is 1.97 bits per heavy atom. The maximum Gasteiger partial charge on any atom is 0.407 e. The van der Waals surface area contributed by atoms with E-state index in [0.29, 0.717) is 18.7 Å². The van der Waals surface area contributed by atoms with E-state index in [0.717, 1.165) is 35.5 Å². The van der Waals surface area contributed by atoms with Crippen molar-refractivity contribution in [3.63, 3.8) is 0 Å². The average molecular weight is 418 g/mol. The van der Waals surface area contributed by atoms with Gasteiger partial charge in [0.05, 0.1) is 35.3 Å². The van der Waals surface area contributed by atoms with Crippen molar-refractivity contribution in [3.05, 3.63) is 59.7 Å². The molecule has 160 valence electrons. The van der Waals surface area contributed by atoms with Crippen LogP contribution in [-0.4, -0.2) is 40.4 Å². The molecule has 1 N–H and O–H groups in total. The van der Waals surface area contributed by atoms with Crippen LogP contribution in [0, 0.1) is 11.3 Å². The normalized spacial score (nSPS) is 16.3. The average Bonchev–Trinajstić information content (AvgIpc) is 3.32. The van der Waals surface area contributed by atoms with E-state index in [1.54, 1.807) is 0 Å². The van der Waals surface area contributed by atoms with Gasteiger partial charge in [0.15, 0.2) is 0 Å². The van der Waals surface area contributed by atoms with Crippen LogP contribution in [0.3, 0.4) is 0 Å². The Bertz CT molecular complexity index is 1120. The molecule has 2 aromatic carbocycles. The number of benzene rings is 2. The van der Waals surface area contributed by atoms with Crippen LogP contribution in [0.15, 0.2) is 48.5 Å². The fourth-order valence-corrected chi connectivity index (χ4v) is 3.86. The molecule has 1 aliphatic heterocycles. The quantitative estimate of drug-likeness (QED) is 0.692. The summed E-state index contributed by atoms with van der Waals surface area (Å²) in [5, 5.41) is 12.0. The molecule has 31 heavy (non-hydrogen) atoms. The number of nitrogens with zero attached hydrogens (tertiary/aromatic N) is 4. The number of carbonyl (C=O) groups is 1. The first-order valence-corrected chi connectivity index (χ1v) is 10.5.